The summed E-state index contributed by atoms with van der Waals surface area (Å²) >= 11 is 1.29. The Kier molecular flexibility index (Phi) is 5.37. The summed E-state index contributed by atoms with van der Waals surface area (Å²) in [6.07, 6.45) is 1.60. The van der Waals surface area contributed by atoms with Crippen molar-refractivity contribution in [3.63, 3.8) is 0 Å². The fraction of sp³-hybridized carbons (Fsp3) is 0.316. The second kappa shape index (κ2) is 7.70. The third-order valence-electron chi connectivity index (χ3n) is 4.23. The summed E-state index contributed by atoms with van der Waals surface area (Å²) in [7, 11) is 0. The molecule has 2 heterocycles. The summed E-state index contributed by atoms with van der Waals surface area (Å²) in [4.78, 5) is 37.6. The van der Waals surface area contributed by atoms with Crippen molar-refractivity contribution in [2.24, 2.45) is 0 Å². The van der Waals surface area contributed by atoms with Crippen molar-refractivity contribution >= 4 is 33.1 Å². The van der Waals surface area contributed by atoms with Crippen LogP contribution < -0.4 is 16.6 Å². The predicted molar refractivity (Wildman–Crippen MR) is 105 cm³/mol. The summed E-state index contributed by atoms with van der Waals surface area (Å²) in [5.74, 6) is -0.300. The zero-order chi connectivity index (χ0) is 18.7. The van der Waals surface area contributed by atoms with E-state index < -0.39 is 5.69 Å². The van der Waals surface area contributed by atoms with Crippen molar-refractivity contribution in [1.82, 2.24) is 9.13 Å². The normalized spacial score (nSPS) is 11.0. The third kappa shape index (κ3) is 3.48. The molecule has 7 heteroatoms. The average Bonchev–Trinajstić information content (AvgIpc) is 3.13. The molecule has 136 valence electrons. The van der Waals surface area contributed by atoms with Crippen molar-refractivity contribution in [2.75, 3.05) is 5.32 Å². The van der Waals surface area contributed by atoms with Gasteiger partial charge in [0, 0.05) is 12.2 Å². The van der Waals surface area contributed by atoms with Crippen LogP contribution in [0.4, 0.5) is 5.69 Å². The van der Waals surface area contributed by atoms with E-state index >= 15 is 0 Å². The molecule has 0 spiro atoms. The Morgan fingerprint density at radius 1 is 1.08 bits per heavy atom. The van der Waals surface area contributed by atoms with E-state index in [0.717, 1.165) is 6.42 Å². The Morgan fingerprint density at radius 2 is 1.81 bits per heavy atom. The number of thiophene rings is 1. The number of rotatable bonds is 6. The van der Waals surface area contributed by atoms with Gasteiger partial charge in [-0.3, -0.25) is 18.7 Å². The lowest BCUT2D eigenvalue weighted by atomic mass is 10.1. The number of fused-ring (bicyclic) bond motifs is 1. The van der Waals surface area contributed by atoms with Gasteiger partial charge < -0.3 is 5.32 Å². The number of aromatic nitrogens is 2. The van der Waals surface area contributed by atoms with Crippen LogP contribution in [0.5, 0.6) is 0 Å². The Bertz CT molecular complexity index is 1040. The summed E-state index contributed by atoms with van der Waals surface area (Å²) in [6.45, 7) is 4.18. The second-order valence-corrected chi connectivity index (χ2v) is 6.98. The molecule has 0 aliphatic carbocycles. The van der Waals surface area contributed by atoms with Gasteiger partial charge in [-0.05, 0) is 42.0 Å². The molecule has 3 rings (SSSR count). The van der Waals surface area contributed by atoms with E-state index in [4.69, 9.17) is 0 Å². The Hall–Kier alpha value is -2.67. The lowest BCUT2D eigenvalue weighted by molar-refractivity contribution is -0.116. The van der Waals surface area contributed by atoms with E-state index in [9.17, 15) is 14.4 Å². The van der Waals surface area contributed by atoms with E-state index in [1.54, 1.807) is 11.4 Å². The van der Waals surface area contributed by atoms with Crippen LogP contribution in [0, 0.1) is 0 Å². The number of hydrogen-bond donors (Lipinski definition) is 1. The quantitative estimate of drug-likeness (QED) is 0.724. The van der Waals surface area contributed by atoms with E-state index in [0.29, 0.717) is 28.9 Å². The molecule has 1 aromatic carbocycles. The minimum absolute atomic E-state index is 0.133. The molecule has 0 aliphatic rings. The first-order valence-corrected chi connectivity index (χ1v) is 9.52. The number of amides is 1. The monoisotopic (exact) mass is 371 g/mol. The summed E-state index contributed by atoms with van der Waals surface area (Å²) < 4.78 is 3.08. The molecule has 1 amide bonds. The summed E-state index contributed by atoms with van der Waals surface area (Å²) in [5, 5.41) is 4.57. The summed E-state index contributed by atoms with van der Waals surface area (Å²) in [5.41, 5.74) is 1.65. The summed E-state index contributed by atoms with van der Waals surface area (Å²) in [6, 6.07) is 9.32. The van der Waals surface area contributed by atoms with Crippen molar-refractivity contribution < 1.29 is 4.79 Å². The van der Waals surface area contributed by atoms with Gasteiger partial charge in [-0.2, -0.15) is 0 Å². The zero-order valence-electron chi connectivity index (χ0n) is 14.8. The highest BCUT2D eigenvalue weighted by Crippen LogP contribution is 2.16. The van der Waals surface area contributed by atoms with Crippen LogP contribution in [0.15, 0.2) is 45.3 Å². The first kappa shape index (κ1) is 18.1. The molecule has 0 saturated heterocycles. The zero-order valence-corrected chi connectivity index (χ0v) is 15.6. The Balaban J connectivity index is 1.92. The molecular weight excluding hydrogens is 350 g/mol. The largest absolute Gasteiger partial charge is 0.332 e. The van der Waals surface area contributed by atoms with Crippen LogP contribution in [-0.4, -0.2) is 15.0 Å². The Morgan fingerprint density at radius 3 is 2.46 bits per heavy atom. The fourth-order valence-electron chi connectivity index (χ4n) is 2.87. The van der Waals surface area contributed by atoms with Crippen molar-refractivity contribution in [2.45, 2.75) is 39.8 Å². The molecule has 0 saturated carbocycles. The smallest absolute Gasteiger partial charge is 0.325 e. The highest BCUT2D eigenvalue weighted by molar-refractivity contribution is 7.17. The van der Waals surface area contributed by atoms with Gasteiger partial charge in [-0.25, -0.2) is 4.79 Å². The van der Waals surface area contributed by atoms with Gasteiger partial charge in [0.15, 0.2) is 0 Å². The van der Waals surface area contributed by atoms with E-state index in [1.165, 1.54) is 26.0 Å². The van der Waals surface area contributed by atoms with Gasteiger partial charge in [-0.15, -0.1) is 11.3 Å². The van der Waals surface area contributed by atoms with Crippen molar-refractivity contribution in [1.29, 1.82) is 0 Å². The third-order valence-corrected chi connectivity index (χ3v) is 5.12. The lowest BCUT2D eigenvalue weighted by Crippen LogP contribution is -2.41. The van der Waals surface area contributed by atoms with Gasteiger partial charge in [0.2, 0.25) is 5.91 Å². The molecule has 6 nitrogen and oxygen atoms in total. The number of nitrogens with one attached hydrogen (secondary N) is 1. The minimum Gasteiger partial charge on any atom is -0.325 e. The van der Waals surface area contributed by atoms with Crippen LogP contribution in [0.3, 0.4) is 0 Å². The number of carbonyl (C=O) groups is 1. The molecule has 0 atom stereocenters. The van der Waals surface area contributed by atoms with Crippen LogP contribution in [0.1, 0.15) is 25.8 Å². The predicted octanol–water partition coefficient (Wildman–Crippen LogP) is 2.84. The molecule has 0 aliphatic heterocycles. The molecule has 3 aromatic rings. The van der Waals surface area contributed by atoms with E-state index in [2.05, 4.69) is 12.2 Å². The molecule has 0 fully saturated rings. The molecule has 0 bridgehead atoms. The number of benzene rings is 1. The first-order chi connectivity index (χ1) is 12.5. The van der Waals surface area contributed by atoms with Crippen LogP contribution in [0.2, 0.25) is 0 Å². The molecular formula is C19H21N3O3S. The van der Waals surface area contributed by atoms with Crippen LogP contribution >= 0.6 is 11.3 Å². The molecule has 26 heavy (non-hydrogen) atoms. The number of hydrogen-bond acceptors (Lipinski definition) is 4. The molecule has 0 radical (unpaired) electrons. The standard InChI is InChI=1S/C19H21N3O3S/c1-3-10-21-18(24)17-15(9-11-26-17)22(19(21)25)12-16(23)20-14-7-5-13(4-2)6-8-14/h5-9,11H,3-4,10,12H2,1-2H3,(H,20,23). The van der Waals surface area contributed by atoms with E-state index in [1.807, 2.05) is 31.2 Å². The number of anilines is 1. The van der Waals surface area contributed by atoms with Gasteiger partial charge in [0.1, 0.15) is 11.2 Å². The van der Waals surface area contributed by atoms with Gasteiger partial charge in [-0.1, -0.05) is 26.0 Å². The number of carbonyl (C=O) groups excluding carboxylic acids is 1. The Labute approximate surface area is 154 Å². The van der Waals surface area contributed by atoms with Crippen LogP contribution in [-0.2, 0) is 24.3 Å². The minimum atomic E-state index is -0.445. The molecule has 1 N–H and O–H groups in total. The maximum atomic E-state index is 12.7. The van der Waals surface area contributed by atoms with Crippen molar-refractivity contribution in [3.05, 3.63) is 62.1 Å². The van der Waals surface area contributed by atoms with Gasteiger partial charge in [0.05, 0.1) is 5.52 Å². The lowest BCUT2D eigenvalue weighted by Gasteiger charge is -2.12. The SMILES string of the molecule is CCCn1c(=O)c2sccc2n(CC(=O)Nc2ccc(CC)cc2)c1=O. The van der Waals surface area contributed by atoms with E-state index in [-0.39, 0.29) is 18.0 Å². The number of aryl methyl sites for hydroxylation is 1. The topological polar surface area (TPSA) is 73.1 Å². The second-order valence-electron chi connectivity index (χ2n) is 6.06. The first-order valence-electron chi connectivity index (χ1n) is 8.64. The molecule has 2 aromatic heterocycles. The van der Waals surface area contributed by atoms with Gasteiger partial charge >= 0.3 is 5.69 Å². The fourth-order valence-corrected chi connectivity index (χ4v) is 3.72. The van der Waals surface area contributed by atoms with Crippen LogP contribution in [0.25, 0.3) is 10.2 Å². The van der Waals surface area contributed by atoms with Crippen molar-refractivity contribution in [3.8, 4) is 0 Å². The number of nitrogens with zero attached hydrogens (tertiary/aromatic N) is 2. The average molecular weight is 371 g/mol. The highest BCUT2D eigenvalue weighted by Gasteiger charge is 2.16. The molecule has 0 unspecified atom stereocenters. The maximum Gasteiger partial charge on any atom is 0.332 e. The highest BCUT2D eigenvalue weighted by atomic mass is 32.1. The van der Waals surface area contributed by atoms with Gasteiger partial charge in [0.25, 0.3) is 5.56 Å². The maximum absolute atomic E-state index is 12.7.